The predicted octanol–water partition coefficient (Wildman–Crippen LogP) is 0.416. The zero-order valence-corrected chi connectivity index (χ0v) is 9.34. The number of hydrogen-bond donors (Lipinski definition) is 1. The Morgan fingerprint density at radius 1 is 1.12 bits per heavy atom. The Labute approximate surface area is 92.7 Å². The van der Waals surface area contributed by atoms with Gasteiger partial charge in [0.1, 0.15) is 6.54 Å². The standard InChI is InChI=1S/C9H14N6O/c1-3-6-9(10)13-14-15(6)5-8-12-11-7(4-2)16-8/h3-5,10H2,1-2H3. The molecule has 0 fully saturated rings. The van der Waals surface area contributed by atoms with Gasteiger partial charge in [-0.15, -0.1) is 15.3 Å². The van der Waals surface area contributed by atoms with Crippen LogP contribution in [0.2, 0.25) is 0 Å². The topological polar surface area (TPSA) is 95.7 Å². The third kappa shape index (κ3) is 1.88. The molecule has 16 heavy (non-hydrogen) atoms. The molecule has 0 atom stereocenters. The lowest BCUT2D eigenvalue weighted by atomic mass is 10.3. The summed E-state index contributed by atoms with van der Waals surface area (Å²) in [7, 11) is 0. The Kier molecular flexibility index (Phi) is 2.84. The number of nitrogen functional groups attached to an aromatic ring is 1. The first-order chi connectivity index (χ1) is 7.74. The minimum absolute atomic E-state index is 0.417. The highest BCUT2D eigenvalue weighted by molar-refractivity contribution is 5.32. The maximum absolute atomic E-state index is 5.68. The molecule has 0 saturated carbocycles. The van der Waals surface area contributed by atoms with Gasteiger partial charge in [0.15, 0.2) is 5.82 Å². The van der Waals surface area contributed by atoms with Crippen molar-refractivity contribution in [1.29, 1.82) is 0 Å². The van der Waals surface area contributed by atoms with Crippen LogP contribution in [-0.4, -0.2) is 25.2 Å². The number of anilines is 1. The first kappa shape index (κ1) is 10.6. The van der Waals surface area contributed by atoms with Crippen LogP contribution >= 0.6 is 0 Å². The summed E-state index contributed by atoms with van der Waals surface area (Å²) in [6, 6.07) is 0. The molecule has 0 aliphatic rings. The van der Waals surface area contributed by atoms with Crippen molar-refractivity contribution in [3.8, 4) is 0 Å². The van der Waals surface area contributed by atoms with Crippen LogP contribution in [0.25, 0.3) is 0 Å². The van der Waals surface area contributed by atoms with Gasteiger partial charge in [-0.3, -0.25) is 0 Å². The molecule has 0 aromatic carbocycles. The minimum Gasteiger partial charge on any atom is -0.423 e. The van der Waals surface area contributed by atoms with Gasteiger partial charge in [-0.25, -0.2) is 4.68 Å². The Morgan fingerprint density at radius 3 is 2.50 bits per heavy atom. The van der Waals surface area contributed by atoms with E-state index in [1.165, 1.54) is 0 Å². The smallest absolute Gasteiger partial charge is 0.238 e. The van der Waals surface area contributed by atoms with Gasteiger partial charge in [0, 0.05) is 6.42 Å². The fourth-order valence-corrected chi connectivity index (χ4v) is 1.46. The molecule has 0 aliphatic heterocycles. The van der Waals surface area contributed by atoms with Crippen LogP contribution in [0.5, 0.6) is 0 Å². The summed E-state index contributed by atoms with van der Waals surface area (Å²) in [5.41, 5.74) is 6.56. The molecule has 86 valence electrons. The van der Waals surface area contributed by atoms with E-state index in [-0.39, 0.29) is 0 Å². The molecular formula is C9H14N6O. The van der Waals surface area contributed by atoms with E-state index in [4.69, 9.17) is 10.2 Å². The van der Waals surface area contributed by atoms with E-state index >= 15 is 0 Å². The number of nitrogens with zero attached hydrogens (tertiary/aromatic N) is 5. The number of rotatable bonds is 4. The fraction of sp³-hybridized carbons (Fsp3) is 0.556. The van der Waals surface area contributed by atoms with Crippen molar-refractivity contribution in [2.75, 3.05) is 5.73 Å². The van der Waals surface area contributed by atoms with Gasteiger partial charge in [-0.2, -0.15) is 0 Å². The van der Waals surface area contributed by atoms with Crippen molar-refractivity contribution in [2.45, 2.75) is 33.2 Å². The van der Waals surface area contributed by atoms with E-state index < -0.39 is 0 Å². The lowest BCUT2D eigenvalue weighted by molar-refractivity contribution is 0.427. The zero-order valence-electron chi connectivity index (χ0n) is 9.34. The molecule has 7 nitrogen and oxygen atoms in total. The summed E-state index contributed by atoms with van der Waals surface area (Å²) in [6.07, 6.45) is 1.50. The van der Waals surface area contributed by atoms with Crippen molar-refractivity contribution in [1.82, 2.24) is 25.2 Å². The van der Waals surface area contributed by atoms with Crippen LogP contribution in [0.15, 0.2) is 4.42 Å². The van der Waals surface area contributed by atoms with E-state index in [1.54, 1.807) is 4.68 Å². The van der Waals surface area contributed by atoms with Crippen LogP contribution in [0.4, 0.5) is 5.82 Å². The third-order valence-corrected chi connectivity index (χ3v) is 2.30. The second-order valence-electron chi connectivity index (χ2n) is 3.38. The lowest BCUT2D eigenvalue weighted by Crippen LogP contribution is -2.07. The molecule has 2 N–H and O–H groups in total. The second kappa shape index (κ2) is 4.30. The van der Waals surface area contributed by atoms with Crippen LogP contribution in [-0.2, 0) is 19.4 Å². The summed E-state index contributed by atoms with van der Waals surface area (Å²) in [4.78, 5) is 0. The van der Waals surface area contributed by atoms with E-state index in [2.05, 4.69) is 20.5 Å². The summed E-state index contributed by atoms with van der Waals surface area (Å²) in [5, 5.41) is 15.5. The molecular weight excluding hydrogens is 208 g/mol. The van der Waals surface area contributed by atoms with E-state index in [1.807, 2.05) is 13.8 Å². The monoisotopic (exact) mass is 222 g/mol. The summed E-state index contributed by atoms with van der Waals surface area (Å²) in [6.45, 7) is 4.37. The van der Waals surface area contributed by atoms with Crippen LogP contribution in [0.3, 0.4) is 0 Å². The Bertz CT molecular complexity index is 474. The molecule has 0 bridgehead atoms. The molecule has 0 unspecified atom stereocenters. The molecule has 2 aromatic rings. The van der Waals surface area contributed by atoms with Gasteiger partial charge >= 0.3 is 0 Å². The quantitative estimate of drug-likeness (QED) is 0.805. The highest BCUT2D eigenvalue weighted by Gasteiger charge is 2.11. The summed E-state index contributed by atoms with van der Waals surface area (Å²) >= 11 is 0. The third-order valence-electron chi connectivity index (χ3n) is 2.30. The molecule has 2 aromatic heterocycles. The van der Waals surface area contributed by atoms with Crippen molar-refractivity contribution >= 4 is 5.82 Å². The molecule has 7 heteroatoms. The molecule has 2 rings (SSSR count). The zero-order chi connectivity index (χ0) is 11.5. The lowest BCUT2D eigenvalue weighted by Gasteiger charge is -2.00. The second-order valence-corrected chi connectivity index (χ2v) is 3.38. The Morgan fingerprint density at radius 2 is 1.88 bits per heavy atom. The van der Waals surface area contributed by atoms with Crippen molar-refractivity contribution < 1.29 is 4.42 Å². The van der Waals surface area contributed by atoms with Crippen LogP contribution in [0.1, 0.15) is 31.3 Å². The summed E-state index contributed by atoms with van der Waals surface area (Å²) < 4.78 is 7.08. The predicted molar refractivity (Wildman–Crippen MR) is 56.6 cm³/mol. The van der Waals surface area contributed by atoms with E-state index in [9.17, 15) is 0 Å². The molecule has 0 aliphatic carbocycles. The van der Waals surface area contributed by atoms with Gasteiger partial charge in [0.2, 0.25) is 11.8 Å². The Hall–Kier alpha value is -1.92. The van der Waals surface area contributed by atoms with Gasteiger partial charge in [-0.1, -0.05) is 19.1 Å². The molecule has 0 amide bonds. The Balaban J connectivity index is 2.19. The molecule has 0 saturated heterocycles. The van der Waals surface area contributed by atoms with Crippen LogP contribution < -0.4 is 5.73 Å². The first-order valence-electron chi connectivity index (χ1n) is 5.23. The van der Waals surface area contributed by atoms with E-state index in [0.29, 0.717) is 24.1 Å². The molecule has 0 radical (unpaired) electrons. The average Bonchev–Trinajstić information content (AvgIpc) is 2.86. The first-order valence-corrected chi connectivity index (χ1v) is 5.23. The van der Waals surface area contributed by atoms with E-state index in [0.717, 1.165) is 18.5 Å². The van der Waals surface area contributed by atoms with Gasteiger partial charge in [0.05, 0.1) is 5.69 Å². The summed E-state index contributed by atoms with van der Waals surface area (Å²) in [5.74, 6) is 1.61. The van der Waals surface area contributed by atoms with Gasteiger partial charge in [0.25, 0.3) is 0 Å². The highest BCUT2D eigenvalue weighted by atomic mass is 16.4. The van der Waals surface area contributed by atoms with Crippen molar-refractivity contribution in [3.05, 3.63) is 17.5 Å². The van der Waals surface area contributed by atoms with Crippen molar-refractivity contribution in [3.63, 3.8) is 0 Å². The normalized spacial score (nSPS) is 10.9. The average molecular weight is 222 g/mol. The largest absolute Gasteiger partial charge is 0.423 e. The minimum atomic E-state index is 0.417. The number of nitrogens with two attached hydrogens (primary N) is 1. The number of hydrogen-bond acceptors (Lipinski definition) is 6. The van der Waals surface area contributed by atoms with Crippen LogP contribution in [0, 0.1) is 0 Å². The maximum Gasteiger partial charge on any atom is 0.238 e. The maximum atomic E-state index is 5.68. The highest BCUT2D eigenvalue weighted by Crippen LogP contribution is 2.10. The number of aromatic nitrogens is 5. The van der Waals surface area contributed by atoms with Gasteiger partial charge < -0.3 is 10.2 Å². The molecule has 0 spiro atoms. The van der Waals surface area contributed by atoms with Crippen molar-refractivity contribution in [2.24, 2.45) is 0 Å². The SMILES string of the molecule is CCc1nnc(Cn2nnc(N)c2CC)o1. The van der Waals surface area contributed by atoms with Gasteiger partial charge in [-0.05, 0) is 6.42 Å². The number of aryl methyl sites for hydroxylation is 1. The fourth-order valence-electron chi connectivity index (χ4n) is 1.46. The molecule has 2 heterocycles.